The van der Waals surface area contributed by atoms with E-state index in [1.807, 2.05) is 24.6 Å². The second-order valence-electron chi connectivity index (χ2n) is 6.22. The minimum Gasteiger partial charge on any atom is -0.369 e. The van der Waals surface area contributed by atoms with Crippen LogP contribution in [0, 0.1) is 18.7 Å². The number of aromatic nitrogens is 1. The van der Waals surface area contributed by atoms with Crippen LogP contribution in [0.4, 0.5) is 10.1 Å². The number of nitrogens with zero attached hydrogens (tertiary/aromatic N) is 2. The lowest BCUT2D eigenvalue weighted by molar-refractivity contribution is -0.121. The Labute approximate surface area is 145 Å². The van der Waals surface area contributed by atoms with E-state index in [1.54, 1.807) is 17.4 Å². The summed E-state index contributed by atoms with van der Waals surface area (Å²) in [4.78, 5) is 19.4. The molecule has 128 valence electrons. The van der Waals surface area contributed by atoms with E-state index in [4.69, 9.17) is 0 Å². The Kier molecular flexibility index (Phi) is 5.45. The van der Waals surface area contributed by atoms with Crippen LogP contribution in [0.15, 0.2) is 29.8 Å². The average Bonchev–Trinajstić information content (AvgIpc) is 3.20. The van der Waals surface area contributed by atoms with Crippen molar-refractivity contribution in [3.63, 3.8) is 0 Å². The van der Waals surface area contributed by atoms with Gasteiger partial charge in [0.25, 0.3) is 0 Å². The highest BCUT2D eigenvalue weighted by Gasteiger charge is 2.24. The molecule has 4 nitrogen and oxygen atoms in total. The maximum atomic E-state index is 13.8. The summed E-state index contributed by atoms with van der Waals surface area (Å²) in [5.74, 6) is 0.271. The molecule has 3 rings (SSSR count). The Morgan fingerprint density at radius 3 is 3.04 bits per heavy atom. The van der Waals surface area contributed by atoms with Crippen LogP contribution in [0.2, 0.25) is 0 Å². The number of halogens is 1. The predicted octanol–water partition coefficient (Wildman–Crippen LogP) is 3.17. The van der Waals surface area contributed by atoms with Crippen LogP contribution in [-0.2, 0) is 11.2 Å². The fourth-order valence-electron chi connectivity index (χ4n) is 3.07. The molecule has 1 amide bonds. The molecule has 1 atom stereocenters. The molecule has 1 saturated heterocycles. The molecular formula is C18H22FN3OS. The molecule has 1 aliphatic rings. The predicted molar refractivity (Wildman–Crippen MR) is 94.9 cm³/mol. The number of benzene rings is 1. The van der Waals surface area contributed by atoms with E-state index < -0.39 is 0 Å². The molecule has 2 aromatic rings. The Balaban J connectivity index is 1.42. The number of para-hydroxylation sites is 1. The zero-order chi connectivity index (χ0) is 16.9. The molecule has 0 unspecified atom stereocenters. The van der Waals surface area contributed by atoms with Crippen molar-refractivity contribution in [2.24, 2.45) is 5.92 Å². The van der Waals surface area contributed by atoms with Gasteiger partial charge < -0.3 is 10.2 Å². The third-order valence-corrected chi connectivity index (χ3v) is 5.49. The average molecular weight is 347 g/mol. The summed E-state index contributed by atoms with van der Waals surface area (Å²) >= 11 is 1.60. The van der Waals surface area contributed by atoms with Crippen molar-refractivity contribution in [3.05, 3.63) is 46.2 Å². The highest BCUT2D eigenvalue weighted by Crippen LogP contribution is 2.25. The summed E-state index contributed by atoms with van der Waals surface area (Å²) in [5.41, 5.74) is 3.49. The molecule has 1 aromatic carbocycles. The summed E-state index contributed by atoms with van der Waals surface area (Å²) in [6.07, 6.45) is 2.21. The third-order valence-electron chi connectivity index (χ3n) is 4.49. The van der Waals surface area contributed by atoms with Gasteiger partial charge in [0, 0.05) is 30.9 Å². The van der Waals surface area contributed by atoms with Gasteiger partial charge in [-0.25, -0.2) is 9.37 Å². The number of amides is 1. The highest BCUT2D eigenvalue weighted by atomic mass is 32.1. The smallest absolute Gasteiger partial charge is 0.220 e. The fourth-order valence-corrected chi connectivity index (χ4v) is 3.85. The lowest BCUT2D eigenvalue weighted by atomic mass is 10.1. The Morgan fingerprint density at radius 1 is 1.46 bits per heavy atom. The van der Waals surface area contributed by atoms with E-state index in [-0.39, 0.29) is 11.7 Å². The summed E-state index contributed by atoms with van der Waals surface area (Å²) in [5, 5.41) is 3.02. The minimum atomic E-state index is -0.179. The summed E-state index contributed by atoms with van der Waals surface area (Å²) in [6.45, 7) is 4.25. The first-order valence-corrected chi connectivity index (χ1v) is 9.16. The minimum absolute atomic E-state index is 0.0761. The first-order chi connectivity index (χ1) is 11.6. The van der Waals surface area contributed by atoms with Crippen molar-refractivity contribution in [3.8, 4) is 0 Å². The highest BCUT2D eigenvalue weighted by molar-refractivity contribution is 7.09. The molecule has 2 heterocycles. The van der Waals surface area contributed by atoms with Gasteiger partial charge in [-0.2, -0.15) is 0 Å². The molecule has 0 aliphatic carbocycles. The van der Waals surface area contributed by atoms with Crippen LogP contribution in [0.1, 0.15) is 23.4 Å². The van der Waals surface area contributed by atoms with Crippen LogP contribution in [0.25, 0.3) is 0 Å². The maximum absolute atomic E-state index is 13.8. The molecule has 0 radical (unpaired) electrons. The quantitative estimate of drug-likeness (QED) is 0.873. The normalized spacial score (nSPS) is 17.2. The van der Waals surface area contributed by atoms with Crippen LogP contribution in [0.3, 0.4) is 0 Å². The number of hydrogen-bond acceptors (Lipinski definition) is 4. The lowest BCUT2D eigenvalue weighted by Crippen LogP contribution is -2.31. The van der Waals surface area contributed by atoms with Gasteiger partial charge in [0.1, 0.15) is 5.82 Å². The number of anilines is 1. The van der Waals surface area contributed by atoms with Gasteiger partial charge >= 0.3 is 0 Å². The van der Waals surface area contributed by atoms with E-state index in [1.165, 1.54) is 10.9 Å². The number of thiazole rings is 1. The fraction of sp³-hybridized carbons (Fsp3) is 0.444. The molecule has 24 heavy (non-hydrogen) atoms. The number of carbonyl (C=O) groups excluding carboxylic acids is 1. The largest absolute Gasteiger partial charge is 0.369 e. The van der Waals surface area contributed by atoms with E-state index in [9.17, 15) is 9.18 Å². The van der Waals surface area contributed by atoms with Gasteiger partial charge in [-0.05, 0) is 37.8 Å². The van der Waals surface area contributed by atoms with Crippen molar-refractivity contribution in [1.29, 1.82) is 0 Å². The van der Waals surface area contributed by atoms with Crippen LogP contribution in [-0.4, -0.2) is 30.5 Å². The van der Waals surface area contributed by atoms with Gasteiger partial charge in [0.15, 0.2) is 0 Å². The second kappa shape index (κ2) is 7.75. The molecule has 1 fully saturated rings. The Bertz CT molecular complexity index is 703. The van der Waals surface area contributed by atoms with Crippen LogP contribution < -0.4 is 10.2 Å². The number of nitrogens with one attached hydrogen (secondary N) is 1. The number of rotatable bonds is 6. The van der Waals surface area contributed by atoms with Gasteiger partial charge in [-0.3, -0.25) is 4.79 Å². The van der Waals surface area contributed by atoms with Crippen molar-refractivity contribution >= 4 is 22.9 Å². The molecule has 6 heteroatoms. The molecule has 0 bridgehead atoms. The zero-order valence-electron chi connectivity index (χ0n) is 13.8. The second-order valence-corrected chi connectivity index (χ2v) is 7.16. The van der Waals surface area contributed by atoms with Crippen LogP contribution >= 0.6 is 11.3 Å². The van der Waals surface area contributed by atoms with Crippen molar-refractivity contribution in [2.75, 3.05) is 24.5 Å². The van der Waals surface area contributed by atoms with Gasteiger partial charge in [0.05, 0.1) is 16.9 Å². The Morgan fingerprint density at radius 2 is 2.29 bits per heavy atom. The van der Waals surface area contributed by atoms with Crippen molar-refractivity contribution in [2.45, 2.75) is 26.2 Å². The van der Waals surface area contributed by atoms with Crippen molar-refractivity contribution < 1.29 is 9.18 Å². The van der Waals surface area contributed by atoms with Gasteiger partial charge in [-0.1, -0.05) is 12.1 Å². The van der Waals surface area contributed by atoms with Gasteiger partial charge in [-0.15, -0.1) is 11.3 Å². The van der Waals surface area contributed by atoms with E-state index >= 15 is 0 Å². The third kappa shape index (κ3) is 4.12. The number of carbonyl (C=O) groups is 1. The summed E-state index contributed by atoms with van der Waals surface area (Å²) < 4.78 is 13.8. The molecule has 1 aliphatic heterocycles. The standard InChI is InChI=1S/C18H22FN3OS/c1-13-17(24-12-21-13)6-7-18(23)20-10-14-8-9-22(11-14)16-5-3-2-4-15(16)19/h2-5,12,14H,6-11H2,1H3,(H,20,23)/t14-/m1/s1. The number of hydrogen-bond donors (Lipinski definition) is 1. The molecule has 1 aromatic heterocycles. The SMILES string of the molecule is Cc1ncsc1CCC(=O)NC[C@H]1CCN(c2ccccc2F)C1. The first-order valence-electron chi connectivity index (χ1n) is 8.28. The molecule has 0 saturated carbocycles. The van der Waals surface area contributed by atoms with Gasteiger partial charge in [0.2, 0.25) is 5.91 Å². The zero-order valence-corrected chi connectivity index (χ0v) is 14.6. The van der Waals surface area contributed by atoms with Crippen molar-refractivity contribution in [1.82, 2.24) is 10.3 Å². The molecular weight excluding hydrogens is 325 g/mol. The number of aryl methyl sites for hydroxylation is 2. The molecule has 0 spiro atoms. The summed E-state index contributed by atoms with van der Waals surface area (Å²) in [6, 6.07) is 6.87. The van der Waals surface area contributed by atoms with Crippen LogP contribution in [0.5, 0.6) is 0 Å². The Hall–Kier alpha value is -1.95. The lowest BCUT2D eigenvalue weighted by Gasteiger charge is -2.19. The van der Waals surface area contributed by atoms with E-state index in [0.29, 0.717) is 24.6 Å². The topological polar surface area (TPSA) is 45.2 Å². The summed E-state index contributed by atoms with van der Waals surface area (Å²) in [7, 11) is 0. The monoisotopic (exact) mass is 347 g/mol. The van der Waals surface area contributed by atoms with E-state index in [0.717, 1.165) is 31.6 Å². The maximum Gasteiger partial charge on any atom is 0.220 e. The first kappa shape index (κ1) is 16.9. The molecule has 1 N–H and O–H groups in total. The van der Waals surface area contributed by atoms with E-state index in [2.05, 4.69) is 15.2 Å².